The van der Waals surface area contributed by atoms with Crippen molar-refractivity contribution in [2.45, 2.75) is 6.10 Å². The van der Waals surface area contributed by atoms with Crippen LogP contribution in [0.4, 0.5) is 5.69 Å². The minimum absolute atomic E-state index is 0.369. The van der Waals surface area contributed by atoms with Gasteiger partial charge in [0.15, 0.2) is 17.6 Å². The van der Waals surface area contributed by atoms with Gasteiger partial charge in [0.25, 0.3) is 0 Å². The van der Waals surface area contributed by atoms with Gasteiger partial charge in [-0.15, -0.1) is 0 Å². The third kappa shape index (κ3) is 2.49. The molecule has 2 rings (SSSR count). The Labute approximate surface area is 106 Å². The first kappa shape index (κ1) is 12.5. The van der Waals surface area contributed by atoms with Crippen LogP contribution in [0.1, 0.15) is 0 Å². The number of rotatable bonds is 3. The molecule has 1 aromatic carbocycles. The van der Waals surface area contributed by atoms with Crippen LogP contribution in [0.5, 0.6) is 11.5 Å². The standard InChI is InChI=1S/C13H16N2O3/c1-16-12-4-3-10(7-13(12)17-2)15-5-6-18-11(8-14)9-15/h3-4,7,11H,5-6,9H2,1-2H3. The van der Waals surface area contributed by atoms with Gasteiger partial charge in [-0.25, -0.2) is 0 Å². The van der Waals surface area contributed by atoms with Crippen molar-refractivity contribution in [3.05, 3.63) is 18.2 Å². The zero-order chi connectivity index (χ0) is 13.0. The molecule has 1 saturated heterocycles. The Hall–Kier alpha value is -1.93. The van der Waals surface area contributed by atoms with E-state index in [0.717, 1.165) is 12.2 Å². The molecule has 1 heterocycles. The Morgan fingerprint density at radius 3 is 2.78 bits per heavy atom. The lowest BCUT2D eigenvalue weighted by Crippen LogP contribution is -2.41. The molecule has 5 nitrogen and oxygen atoms in total. The van der Waals surface area contributed by atoms with Crippen LogP contribution in [0.15, 0.2) is 18.2 Å². The fraction of sp³-hybridized carbons (Fsp3) is 0.462. The molecule has 0 spiro atoms. The summed E-state index contributed by atoms with van der Waals surface area (Å²) in [5.74, 6) is 1.39. The Morgan fingerprint density at radius 1 is 1.33 bits per heavy atom. The maximum Gasteiger partial charge on any atom is 0.162 e. The highest BCUT2D eigenvalue weighted by Gasteiger charge is 2.21. The number of ether oxygens (including phenoxy) is 3. The molecule has 1 aromatic rings. The van der Waals surface area contributed by atoms with Crippen LogP contribution in [0, 0.1) is 11.3 Å². The molecule has 18 heavy (non-hydrogen) atoms. The van der Waals surface area contributed by atoms with Crippen molar-refractivity contribution in [1.29, 1.82) is 5.26 Å². The molecule has 0 bridgehead atoms. The summed E-state index contributed by atoms with van der Waals surface area (Å²) < 4.78 is 15.8. The third-order valence-corrected chi connectivity index (χ3v) is 2.94. The van der Waals surface area contributed by atoms with Crippen LogP contribution in [-0.2, 0) is 4.74 Å². The summed E-state index contributed by atoms with van der Waals surface area (Å²) in [6, 6.07) is 7.88. The van der Waals surface area contributed by atoms with E-state index in [1.165, 1.54) is 0 Å². The molecule has 1 aliphatic heterocycles. The van der Waals surface area contributed by atoms with Crippen LogP contribution in [0.3, 0.4) is 0 Å². The Morgan fingerprint density at radius 2 is 2.11 bits per heavy atom. The second-order valence-electron chi connectivity index (χ2n) is 3.97. The number of nitriles is 1. The van der Waals surface area contributed by atoms with Gasteiger partial charge >= 0.3 is 0 Å². The molecule has 0 saturated carbocycles. The van der Waals surface area contributed by atoms with Crippen LogP contribution in [-0.4, -0.2) is 40.0 Å². The smallest absolute Gasteiger partial charge is 0.162 e. The summed E-state index contributed by atoms with van der Waals surface area (Å²) >= 11 is 0. The van der Waals surface area contributed by atoms with Gasteiger partial charge in [-0.05, 0) is 12.1 Å². The van der Waals surface area contributed by atoms with Gasteiger partial charge in [-0.3, -0.25) is 0 Å². The topological polar surface area (TPSA) is 54.7 Å². The second-order valence-corrected chi connectivity index (χ2v) is 3.97. The van der Waals surface area contributed by atoms with E-state index in [2.05, 4.69) is 11.0 Å². The molecule has 0 radical (unpaired) electrons. The Bertz CT molecular complexity index is 456. The van der Waals surface area contributed by atoms with E-state index in [-0.39, 0.29) is 6.10 Å². The van der Waals surface area contributed by atoms with E-state index in [1.54, 1.807) is 14.2 Å². The first-order chi connectivity index (χ1) is 8.78. The largest absolute Gasteiger partial charge is 0.493 e. The predicted molar refractivity (Wildman–Crippen MR) is 67.1 cm³/mol. The first-order valence-corrected chi connectivity index (χ1v) is 5.76. The maximum absolute atomic E-state index is 8.89. The fourth-order valence-electron chi connectivity index (χ4n) is 1.98. The highest BCUT2D eigenvalue weighted by atomic mass is 16.5. The molecule has 1 unspecified atom stereocenters. The number of hydrogen-bond acceptors (Lipinski definition) is 5. The highest BCUT2D eigenvalue weighted by Crippen LogP contribution is 2.32. The quantitative estimate of drug-likeness (QED) is 0.810. The summed E-state index contributed by atoms with van der Waals surface area (Å²) in [7, 11) is 3.22. The van der Waals surface area contributed by atoms with Crippen LogP contribution in [0.2, 0.25) is 0 Å². The molecule has 0 aliphatic carbocycles. The summed E-state index contributed by atoms with van der Waals surface area (Å²) in [6.45, 7) is 1.91. The maximum atomic E-state index is 8.89. The molecule has 0 N–H and O–H groups in total. The van der Waals surface area contributed by atoms with Crippen molar-refractivity contribution < 1.29 is 14.2 Å². The predicted octanol–water partition coefficient (Wildman–Crippen LogP) is 1.43. The second kappa shape index (κ2) is 5.61. The molecule has 1 fully saturated rings. The van der Waals surface area contributed by atoms with Crippen molar-refractivity contribution in [3.8, 4) is 17.6 Å². The minimum Gasteiger partial charge on any atom is -0.493 e. The number of hydrogen-bond donors (Lipinski definition) is 0. The van der Waals surface area contributed by atoms with Crippen LogP contribution >= 0.6 is 0 Å². The molecule has 96 valence electrons. The zero-order valence-corrected chi connectivity index (χ0v) is 10.5. The summed E-state index contributed by atoms with van der Waals surface area (Å²) in [4.78, 5) is 2.11. The van der Waals surface area contributed by atoms with Crippen molar-refractivity contribution in [2.24, 2.45) is 0 Å². The summed E-state index contributed by atoms with van der Waals surface area (Å²) in [5, 5.41) is 8.89. The molecule has 0 aromatic heterocycles. The highest BCUT2D eigenvalue weighted by molar-refractivity contribution is 5.56. The normalized spacial score (nSPS) is 19.2. The lowest BCUT2D eigenvalue weighted by atomic mass is 10.2. The van der Waals surface area contributed by atoms with E-state index in [4.69, 9.17) is 19.5 Å². The Kier molecular flexibility index (Phi) is 3.90. The number of anilines is 1. The van der Waals surface area contributed by atoms with E-state index in [0.29, 0.717) is 24.7 Å². The SMILES string of the molecule is COc1ccc(N2CCOC(C#N)C2)cc1OC. The van der Waals surface area contributed by atoms with Gasteiger partial charge < -0.3 is 19.1 Å². The van der Waals surface area contributed by atoms with Gasteiger partial charge in [0.2, 0.25) is 0 Å². The van der Waals surface area contributed by atoms with Gasteiger partial charge in [0, 0.05) is 18.3 Å². The average Bonchev–Trinajstić information content (AvgIpc) is 2.46. The van der Waals surface area contributed by atoms with E-state index in [1.807, 2.05) is 18.2 Å². The molecule has 5 heteroatoms. The van der Waals surface area contributed by atoms with E-state index < -0.39 is 0 Å². The van der Waals surface area contributed by atoms with Crippen molar-refractivity contribution >= 4 is 5.69 Å². The van der Waals surface area contributed by atoms with Gasteiger partial charge in [0.1, 0.15) is 0 Å². The lowest BCUT2D eigenvalue weighted by molar-refractivity contribution is 0.0764. The molecular weight excluding hydrogens is 232 g/mol. The Balaban J connectivity index is 2.20. The molecule has 1 aliphatic rings. The van der Waals surface area contributed by atoms with Crippen LogP contribution < -0.4 is 14.4 Å². The van der Waals surface area contributed by atoms with Crippen molar-refractivity contribution in [1.82, 2.24) is 0 Å². The fourth-order valence-corrected chi connectivity index (χ4v) is 1.98. The van der Waals surface area contributed by atoms with Gasteiger partial charge in [0.05, 0.1) is 33.4 Å². The van der Waals surface area contributed by atoms with Gasteiger partial charge in [-0.2, -0.15) is 5.26 Å². The third-order valence-electron chi connectivity index (χ3n) is 2.94. The minimum atomic E-state index is -0.369. The molecule has 1 atom stereocenters. The number of nitrogens with zero attached hydrogens (tertiary/aromatic N) is 2. The molecule has 0 amide bonds. The monoisotopic (exact) mass is 248 g/mol. The van der Waals surface area contributed by atoms with Crippen LogP contribution in [0.25, 0.3) is 0 Å². The number of morpholine rings is 1. The average molecular weight is 248 g/mol. The zero-order valence-electron chi connectivity index (χ0n) is 10.5. The van der Waals surface area contributed by atoms with E-state index >= 15 is 0 Å². The number of methoxy groups -OCH3 is 2. The van der Waals surface area contributed by atoms with Crippen molar-refractivity contribution in [2.75, 3.05) is 38.8 Å². The molecular formula is C13H16N2O3. The number of benzene rings is 1. The van der Waals surface area contributed by atoms with E-state index in [9.17, 15) is 0 Å². The lowest BCUT2D eigenvalue weighted by Gasteiger charge is -2.31. The van der Waals surface area contributed by atoms with Gasteiger partial charge in [-0.1, -0.05) is 0 Å². The summed E-state index contributed by atoms with van der Waals surface area (Å²) in [6.07, 6.45) is -0.369. The first-order valence-electron chi connectivity index (χ1n) is 5.76. The van der Waals surface area contributed by atoms with Crippen molar-refractivity contribution in [3.63, 3.8) is 0 Å². The summed E-state index contributed by atoms with van der Waals surface area (Å²) in [5.41, 5.74) is 1.01.